The van der Waals surface area contributed by atoms with Gasteiger partial charge in [-0.3, -0.25) is 4.90 Å². The number of pyridine rings is 1. The van der Waals surface area contributed by atoms with Crippen LogP contribution in [0.15, 0.2) is 18.3 Å². The minimum Gasteiger partial charge on any atom is -0.308 e. The molecule has 0 aromatic carbocycles. The van der Waals surface area contributed by atoms with Gasteiger partial charge in [0.05, 0.1) is 0 Å². The molecule has 18 heavy (non-hydrogen) atoms. The van der Waals surface area contributed by atoms with Gasteiger partial charge in [-0.1, -0.05) is 33.8 Å². The number of hydrogen-bond acceptors (Lipinski definition) is 4. The molecular formula is C14H26N4. The second-order valence-electron chi connectivity index (χ2n) is 5.68. The lowest BCUT2D eigenvalue weighted by Gasteiger charge is -2.26. The van der Waals surface area contributed by atoms with Crippen molar-refractivity contribution in [1.29, 1.82) is 0 Å². The summed E-state index contributed by atoms with van der Waals surface area (Å²) in [5, 5.41) is 0. The molecule has 0 radical (unpaired) electrons. The second-order valence-corrected chi connectivity index (χ2v) is 5.68. The smallest absolute Gasteiger partial charge is 0.139 e. The number of hydrazine groups is 1. The number of nitrogens with two attached hydrogens (primary N) is 1. The maximum absolute atomic E-state index is 5.31. The summed E-state index contributed by atoms with van der Waals surface area (Å²) >= 11 is 0. The lowest BCUT2D eigenvalue weighted by atomic mass is 10.1. The molecule has 1 rings (SSSR count). The highest BCUT2D eigenvalue weighted by Gasteiger charge is 2.10. The topological polar surface area (TPSA) is 54.2 Å². The average molecular weight is 250 g/mol. The van der Waals surface area contributed by atoms with Crippen LogP contribution in [0.1, 0.15) is 33.3 Å². The molecule has 0 fully saturated rings. The van der Waals surface area contributed by atoms with Crippen LogP contribution in [0.4, 0.5) is 5.82 Å². The van der Waals surface area contributed by atoms with Crippen LogP contribution in [0.25, 0.3) is 0 Å². The summed E-state index contributed by atoms with van der Waals surface area (Å²) in [4.78, 5) is 6.73. The van der Waals surface area contributed by atoms with Crippen molar-refractivity contribution in [3.05, 3.63) is 23.9 Å². The molecule has 102 valence electrons. The Labute approximate surface area is 111 Å². The molecule has 0 amide bonds. The van der Waals surface area contributed by atoms with E-state index in [0.717, 1.165) is 19.6 Å². The molecule has 0 bridgehead atoms. The quantitative estimate of drug-likeness (QED) is 0.576. The molecular weight excluding hydrogens is 224 g/mol. The summed E-state index contributed by atoms with van der Waals surface area (Å²) in [7, 11) is 0. The third-order valence-electron chi connectivity index (χ3n) is 2.63. The highest BCUT2D eigenvalue weighted by molar-refractivity contribution is 5.33. The first kappa shape index (κ1) is 14.9. The monoisotopic (exact) mass is 250 g/mol. The minimum atomic E-state index is 0.682. The highest BCUT2D eigenvalue weighted by Crippen LogP contribution is 2.11. The first-order valence-electron chi connectivity index (χ1n) is 6.65. The normalized spacial score (nSPS) is 11.6. The van der Waals surface area contributed by atoms with E-state index in [0.29, 0.717) is 17.7 Å². The Morgan fingerprint density at radius 1 is 1.17 bits per heavy atom. The van der Waals surface area contributed by atoms with Crippen molar-refractivity contribution in [3.63, 3.8) is 0 Å². The third-order valence-corrected chi connectivity index (χ3v) is 2.63. The minimum absolute atomic E-state index is 0.682. The first-order chi connectivity index (χ1) is 8.51. The van der Waals surface area contributed by atoms with Crippen molar-refractivity contribution >= 4 is 5.82 Å². The Balaban J connectivity index is 2.62. The van der Waals surface area contributed by atoms with Gasteiger partial charge in [0.1, 0.15) is 5.82 Å². The van der Waals surface area contributed by atoms with Gasteiger partial charge in [0.25, 0.3) is 0 Å². The Morgan fingerprint density at radius 3 is 2.17 bits per heavy atom. The summed E-state index contributed by atoms with van der Waals surface area (Å²) in [6.45, 7) is 12.2. The first-order valence-corrected chi connectivity index (χ1v) is 6.65. The molecule has 0 aliphatic heterocycles. The SMILES string of the molecule is CC(C)CN(Cc1ccc(NN)nc1)CC(C)C. The van der Waals surface area contributed by atoms with E-state index in [4.69, 9.17) is 5.84 Å². The summed E-state index contributed by atoms with van der Waals surface area (Å²) in [6.07, 6.45) is 1.89. The van der Waals surface area contributed by atoms with Gasteiger partial charge in [-0.25, -0.2) is 10.8 Å². The van der Waals surface area contributed by atoms with E-state index in [9.17, 15) is 0 Å². The van der Waals surface area contributed by atoms with Gasteiger partial charge in [-0.05, 0) is 23.5 Å². The summed E-state index contributed by atoms with van der Waals surface area (Å²) in [5.74, 6) is 7.38. The van der Waals surface area contributed by atoms with Crippen molar-refractivity contribution in [2.75, 3.05) is 18.5 Å². The van der Waals surface area contributed by atoms with Crippen LogP contribution in [0.3, 0.4) is 0 Å². The molecule has 0 saturated carbocycles. The largest absolute Gasteiger partial charge is 0.308 e. The van der Waals surface area contributed by atoms with Gasteiger partial charge in [-0.15, -0.1) is 0 Å². The van der Waals surface area contributed by atoms with Crippen LogP contribution < -0.4 is 11.3 Å². The van der Waals surface area contributed by atoms with E-state index in [1.807, 2.05) is 12.3 Å². The van der Waals surface area contributed by atoms with Crippen molar-refractivity contribution < 1.29 is 0 Å². The van der Waals surface area contributed by atoms with E-state index in [1.54, 1.807) is 0 Å². The zero-order chi connectivity index (χ0) is 13.5. The Bertz CT molecular complexity index is 322. The second kappa shape index (κ2) is 7.34. The summed E-state index contributed by atoms with van der Waals surface area (Å²) in [6, 6.07) is 3.99. The summed E-state index contributed by atoms with van der Waals surface area (Å²) in [5.41, 5.74) is 3.78. The van der Waals surface area contributed by atoms with E-state index in [2.05, 4.69) is 49.1 Å². The molecule has 0 atom stereocenters. The maximum Gasteiger partial charge on any atom is 0.139 e. The van der Waals surface area contributed by atoms with Crippen LogP contribution in [0.5, 0.6) is 0 Å². The van der Waals surface area contributed by atoms with Crippen molar-refractivity contribution in [2.24, 2.45) is 17.7 Å². The zero-order valence-corrected chi connectivity index (χ0v) is 12.0. The molecule has 4 nitrogen and oxygen atoms in total. The number of hydrogen-bond donors (Lipinski definition) is 2. The van der Waals surface area contributed by atoms with E-state index >= 15 is 0 Å². The Kier molecular flexibility index (Phi) is 6.09. The molecule has 0 aliphatic carbocycles. The van der Waals surface area contributed by atoms with Crippen molar-refractivity contribution in [1.82, 2.24) is 9.88 Å². The standard InChI is InChI=1S/C14H26N4/c1-11(2)8-18(9-12(3)4)10-13-5-6-14(17-15)16-7-13/h5-7,11-12H,8-10,15H2,1-4H3,(H,16,17). The van der Waals surface area contributed by atoms with Gasteiger partial charge in [0, 0.05) is 25.8 Å². The van der Waals surface area contributed by atoms with Gasteiger partial charge >= 0.3 is 0 Å². The predicted octanol–water partition coefficient (Wildman–Crippen LogP) is 2.48. The van der Waals surface area contributed by atoms with Crippen LogP contribution in [0, 0.1) is 11.8 Å². The molecule has 3 N–H and O–H groups in total. The van der Waals surface area contributed by atoms with E-state index in [-0.39, 0.29) is 0 Å². The number of nitrogens with one attached hydrogen (secondary N) is 1. The third kappa shape index (κ3) is 5.47. The van der Waals surface area contributed by atoms with Crippen molar-refractivity contribution in [3.8, 4) is 0 Å². The molecule has 0 saturated heterocycles. The summed E-state index contributed by atoms with van der Waals surface area (Å²) < 4.78 is 0. The van der Waals surface area contributed by atoms with Gasteiger partial charge in [0.2, 0.25) is 0 Å². The lowest BCUT2D eigenvalue weighted by molar-refractivity contribution is 0.211. The molecule has 1 aromatic heterocycles. The number of anilines is 1. The van der Waals surface area contributed by atoms with Gasteiger partial charge in [0.15, 0.2) is 0 Å². The Morgan fingerprint density at radius 2 is 1.78 bits per heavy atom. The van der Waals surface area contributed by atoms with E-state index in [1.165, 1.54) is 5.56 Å². The predicted molar refractivity (Wildman–Crippen MR) is 77.0 cm³/mol. The average Bonchev–Trinajstić information content (AvgIpc) is 2.28. The maximum atomic E-state index is 5.31. The molecule has 0 spiro atoms. The number of rotatable bonds is 7. The van der Waals surface area contributed by atoms with E-state index < -0.39 is 0 Å². The fraction of sp³-hybridized carbons (Fsp3) is 0.643. The van der Waals surface area contributed by atoms with Crippen LogP contribution in [-0.4, -0.2) is 23.0 Å². The van der Waals surface area contributed by atoms with Crippen LogP contribution in [-0.2, 0) is 6.54 Å². The van der Waals surface area contributed by atoms with Gasteiger partial charge in [-0.2, -0.15) is 0 Å². The van der Waals surface area contributed by atoms with Gasteiger partial charge < -0.3 is 5.43 Å². The lowest BCUT2D eigenvalue weighted by Crippen LogP contribution is -2.31. The molecule has 4 heteroatoms. The van der Waals surface area contributed by atoms with Crippen LogP contribution >= 0.6 is 0 Å². The fourth-order valence-electron chi connectivity index (χ4n) is 2.10. The fourth-order valence-corrected chi connectivity index (χ4v) is 2.10. The molecule has 0 unspecified atom stereocenters. The zero-order valence-electron chi connectivity index (χ0n) is 12.0. The number of nitrogens with zero attached hydrogens (tertiary/aromatic N) is 2. The van der Waals surface area contributed by atoms with Crippen LogP contribution in [0.2, 0.25) is 0 Å². The number of aromatic nitrogens is 1. The highest BCUT2D eigenvalue weighted by atomic mass is 15.2. The van der Waals surface area contributed by atoms with Crippen molar-refractivity contribution in [2.45, 2.75) is 34.2 Å². The Hall–Kier alpha value is -1.13. The molecule has 0 aliphatic rings. The molecule has 1 heterocycles. The number of nitrogen functional groups attached to an aromatic ring is 1. The molecule has 1 aromatic rings.